The predicted molar refractivity (Wildman–Crippen MR) is 250 cm³/mol. The van der Waals surface area contributed by atoms with E-state index in [9.17, 15) is 0 Å². The third-order valence-electron chi connectivity index (χ3n) is 0.232. The van der Waals surface area contributed by atoms with E-state index in [1.165, 1.54) is 31.4 Å². The van der Waals surface area contributed by atoms with Crippen LogP contribution >= 0.6 is 154 Å². The van der Waals surface area contributed by atoms with Crippen LogP contribution in [0.15, 0.2) is 0 Å². The van der Waals surface area contributed by atoms with Crippen molar-refractivity contribution >= 4 is 298 Å². The average molecular weight is 1150 g/mol. The Morgan fingerprint density at radius 2 is 0.372 bits per heavy atom. The maximum atomic E-state index is 5.15. The molecule has 0 radical (unpaired) electrons. The molecular formula is C10H20Mo2N10S21. The SMILES string of the molecule is NC(=S)SSSC(N)=S.NC(=S)[S-].NC(=S)[S-].NC(=S)[S-].NC(=S)[S-].NC(=S)[S-].NC(=S)[S-].NC(=S)[S-].NC(=S)[S-].[Mo+4].[Mo+4]. The Kier molecular flexibility index (Phi) is 119. The molecule has 20 N–H and O–H groups in total. The summed E-state index contributed by atoms with van der Waals surface area (Å²) in [5, 5.41) is 0. The Bertz CT molecular complexity index is 596. The number of hydrogen-bond acceptors (Lipinski definition) is 21. The van der Waals surface area contributed by atoms with Crippen molar-refractivity contribution in [3.05, 3.63) is 0 Å². The molecule has 0 aromatic heterocycles. The summed E-state index contributed by atoms with van der Waals surface area (Å²) in [6.07, 6.45) is 0. The van der Waals surface area contributed by atoms with Crippen molar-refractivity contribution in [3.8, 4) is 0 Å². The van der Waals surface area contributed by atoms with Gasteiger partial charge in [0.15, 0.2) is 0 Å². The fraction of sp³-hybridized carbons (Fsp3) is 0. The quantitative estimate of drug-likeness (QED) is 0.0738. The number of rotatable bonds is 2. The summed E-state index contributed by atoms with van der Waals surface area (Å²) in [6.45, 7) is 0. The first-order valence-electron chi connectivity index (χ1n) is 7.30. The maximum Gasteiger partial charge on any atom is 4.00 e. The van der Waals surface area contributed by atoms with Crippen molar-refractivity contribution in [3.63, 3.8) is 0 Å². The van der Waals surface area contributed by atoms with Crippen LogP contribution in [0.1, 0.15) is 0 Å². The minimum absolute atomic E-state index is 0. The van der Waals surface area contributed by atoms with Crippen molar-refractivity contribution in [2.45, 2.75) is 0 Å². The van der Waals surface area contributed by atoms with E-state index in [4.69, 9.17) is 11.5 Å². The molecule has 0 fully saturated rings. The van der Waals surface area contributed by atoms with Gasteiger partial charge in [-0.1, -0.05) is 59.0 Å². The molecule has 0 amide bonds. The average Bonchev–Trinajstić information content (AvgIpc) is 2.56. The smallest absolute Gasteiger partial charge is 0.415 e. The van der Waals surface area contributed by atoms with E-state index in [0.717, 1.165) is 0 Å². The van der Waals surface area contributed by atoms with Gasteiger partial charge in [-0.15, -0.1) is 0 Å². The third kappa shape index (κ3) is 1010. The number of nitrogens with two attached hydrogens (primary N) is 10. The Morgan fingerprint density at radius 3 is 0.419 bits per heavy atom. The van der Waals surface area contributed by atoms with E-state index in [-0.39, 0.29) is 76.7 Å². The second kappa shape index (κ2) is 67.3. The molecule has 0 rings (SSSR count). The molecule has 0 heterocycles. The maximum absolute atomic E-state index is 5.15. The summed E-state index contributed by atoms with van der Waals surface area (Å²) in [7, 11) is 3.93. The van der Waals surface area contributed by atoms with Crippen LogP contribution < -0.4 is 57.3 Å². The molecule has 0 spiro atoms. The minimum Gasteiger partial charge on any atom is -0.415 e. The van der Waals surface area contributed by atoms with Crippen molar-refractivity contribution in [2.75, 3.05) is 0 Å². The van der Waals surface area contributed by atoms with Gasteiger partial charge in [0.2, 0.25) is 0 Å². The van der Waals surface area contributed by atoms with Gasteiger partial charge in [0, 0.05) is 0 Å². The molecule has 0 aromatic rings. The summed E-state index contributed by atoms with van der Waals surface area (Å²) in [6, 6.07) is 0. The molecule has 0 bridgehead atoms. The molecule has 0 aliphatic heterocycles. The van der Waals surface area contributed by atoms with Gasteiger partial charge in [-0.05, 0) is 31.4 Å². The Hall–Kier alpha value is 3.09. The molecule has 0 atom stereocenters. The normalized spacial score (nSPS) is 6.33. The zero-order valence-corrected chi connectivity index (χ0v) is 41.3. The molecule has 33 heteroatoms. The minimum atomic E-state index is 0. The van der Waals surface area contributed by atoms with Crippen LogP contribution in [0.5, 0.6) is 0 Å². The van der Waals surface area contributed by atoms with Crippen molar-refractivity contribution in [1.29, 1.82) is 0 Å². The summed E-state index contributed by atoms with van der Waals surface area (Å²) >= 11 is 75.2. The fourth-order valence-electron chi connectivity index (χ4n) is 0.0841. The van der Waals surface area contributed by atoms with Crippen LogP contribution in [0, 0.1) is 0 Å². The largest absolute Gasteiger partial charge is 4.00 e. The first kappa shape index (κ1) is 76.1. The first-order valence-corrected chi connectivity index (χ1v) is 18.1. The van der Waals surface area contributed by atoms with E-state index in [0.29, 0.717) is 8.64 Å². The Morgan fingerprint density at radius 1 is 0.302 bits per heavy atom. The standard InChI is InChI=1S/C2H4N2S5.8CH3NS2.2Mo/c3-1(5)7-9-8-2(4)6;8*2-1(3)4;;/h(H2,3,5)(H2,4,6);8*(H3,2,3,4);;/q;;;;;;;;;2*+4/p-8. The van der Waals surface area contributed by atoms with Gasteiger partial charge < -0.3 is 256 Å². The van der Waals surface area contributed by atoms with Crippen molar-refractivity contribution < 1.29 is 42.1 Å². The van der Waals surface area contributed by atoms with Crippen LogP contribution in [-0.2, 0) is 143 Å². The molecule has 0 aliphatic rings. The van der Waals surface area contributed by atoms with Gasteiger partial charge in [-0.3, -0.25) is 0 Å². The van der Waals surface area contributed by atoms with Gasteiger partial charge in [0.1, 0.15) is 8.64 Å². The van der Waals surface area contributed by atoms with Crippen molar-refractivity contribution in [1.82, 2.24) is 0 Å². The summed E-state index contributed by atoms with van der Waals surface area (Å²) in [4.78, 5) is 0. The molecule has 0 saturated carbocycles. The molecule has 0 aromatic carbocycles. The van der Waals surface area contributed by atoms with Crippen LogP contribution in [0.25, 0.3) is 0 Å². The van der Waals surface area contributed by atoms with E-state index in [1.807, 2.05) is 0 Å². The zero-order chi connectivity index (χ0) is 35.9. The molecule has 10 nitrogen and oxygen atoms in total. The topological polar surface area (TPSA) is 260 Å². The van der Waals surface area contributed by atoms with Crippen LogP contribution in [0.4, 0.5) is 0 Å². The second-order valence-electron chi connectivity index (χ2n) is 3.43. The van der Waals surface area contributed by atoms with Gasteiger partial charge in [-0.25, -0.2) is 0 Å². The molecule has 248 valence electrons. The molecule has 0 saturated heterocycles. The van der Waals surface area contributed by atoms with Crippen LogP contribution in [0.3, 0.4) is 0 Å². The summed E-state index contributed by atoms with van der Waals surface area (Å²) in [5.74, 6) is 0. The molecule has 0 aliphatic carbocycles. The summed E-state index contributed by atoms with van der Waals surface area (Å²) in [5.41, 5.74) is 47.6. The van der Waals surface area contributed by atoms with Gasteiger partial charge in [-0.2, -0.15) is 0 Å². The number of hydrogen-bond donors (Lipinski definition) is 10. The van der Waals surface area contributed by atoms with Crippen LogP contribution in [-0.4, -0.2) is 43.2 Å². The van der Waals surface area contributed by atoms with E-state index >= 15 is 0 Å². The van der Waals surface area contributed by atoms with E-state index in [1.54, 1.807) is 0 Å². The van der Waals surface area contributed by atoms with Crippen molar-refractivity contribution in [2.24, 2.45) is 57.3 Å². The molecular weight excluding hydrogens is 1130 g/mol. The zero-order valence-electron chi connectivity index (χ0n) is 20.2. The monoisotopic (exact) mass is 1150 g/mol. The Balaban J connectivity index is -0.0000000302. The predicted octanol–water partition coefficient (Wildman–Crippen LogP) is -0.287. The van der Waals surface area contributed by atoms with Gasteiger partial charge >= 0.3 is 42.1 Å². The molecule has 43 heavy (non-hydrogen) atoms. The van der Waals surface area contributed by atoms with Gasteiger partial charge in [0.05, 0.1) is 0 Å². The van der Waals surface area contributed by atoms with E-state index in [2.05, 4.69) is 269 Å². The van der Waals surface area contributed by atoms with Crippen LogP contribution in [0.2, 0.25) is 0 Å². The second-order valence-corrected chi connectivity index (χ2v) is 17.9. The first-order chi connectivity index (χ1) is 18.0. The Labute approximate surface area is 390 Å². The fourth-order valence-corrected chi connectivity index (χ4v) is 3.77. The third-order valence-corrected chi connectivity index (χ3v) is 4.54. The van der Waals surface area contributed by atoms with Gasteiger partial charge in [0.25, 0.3) is 0 Å². The number of thiocarbonyl (C=S) groups is 10. The molecule has 0 unspecified atom stereocenters. The van der Waals surface area contributed by atoms with E-state index < -0.39 is 0 Å². The summed E-state index contributed by atoms with van der Waals surface area (Å²) < 4.78 is 1.45.